The fraction of sp³-hybridized carbons (Fsp3) is 0.417. The summed E-state index contributed by atoms with van der Waals surface area (Å²) in [6.45, 7) is 1.49. The number of carbonyl (C=O) groups excluding carboxylic acids is 1. The first kappa shape index (κ1) is 14.3. The molecule has 100 valence electrons. The maximum absolute atomic E-state index is 12.1. The number of rotatable bonds is 6. The smallest absolute Gasteiger partial charge is 0.257 e. The number of amides is 1. The van der Waals surface area contributed by atoms with Crippen LogP contribution in [0, 0.1) is 0 Å². The van der Waals surface area contributed by atoms with Crippen LogP contribution in [0.15, 0.2) is 18.2 Å². The number of benzene rings is 1. The number of phenols is 2. The van der Waals surface area contributed by atoms with Crippen LogP contribution in [-0.2, 0) is 4.74 Å². The summed E-state index contributed by atoms with van der Waals surface area (Å²) in [5, 5.41) is 18.8. The van der Waals surface area contributed by atoms with Crippen LogP contribution >= 0.6 is 0 Å². The molecular formula is C12H18N2O4. The molecule has 1 aromatic rings. The Morgan fingerprint density at radius 3 is 2.67 bits per heavy atom. The van der Waals surface area contributed by atoms with Crippen LogP contribution in [0.3, 0.4) is 0 Å². The molecule has 0 unspecified atom stereocenters. The van der Waals surface area contributed by atoms with Gasteiger partial charge in [-0.1, -0.05) is 0 Å². The maximum atomic E-state index is 12.1. The number of hydrogen-bond donors (Lipinski definition) is 3. The zero-order valence-corrected chi connectivity index (χ0v) is 10.3. The van der Waals surface area contributed by atoms with Gasteiger partial charge in [0.25, 0.3) is 5.91 Å². The second kappa shape index (κ2) is 6.83. The molecule has 0 aliphatic heterocycles. The summed E-state index contributed by atoms with van der Waals surface area (Å²) in [5.41, 5.74) is 5.58. The first-order valence-electron chi connectivity index (χ1n) is 5.60. The molecular weight excluding hydrogens is 236 g/mol. The highest BCUT2D eigenvalue weighted by atomic mass is 16.5. The molecule has 1 rings (SSSR count). The van der Waals surface area contributed by atoms with Crippen LogP contribution in [0.1, 0.15) is 10.4 Å². The van der Waals surface area contributed by atoms with Crippen molar-refractivity contribution in [3.05, 3.63) is 23.8 Å². The molecule has 1 amide bonds. The zero-order valence-electron chi connectivity index (χ0n) is 10.3. The number of hydrogen-bond acceptors (Lipinski definition) is 5. The second-order valence-electron chi connectivity index (χ2n) is 3.78. The molecule has 0 aliphatic rings. The van der Waals surface area contributed by atoms with E-state index in [1.807, 2.05) is 0 Å². The Hall–Kier alpha value is -1.79. The molecule has 0 spiro atoms. The van der Waals surface area contributed by atoms with Gasteiger partial charge in [-0.2, -0.15) is 0 Å². The topological polar surface area (TPSA) is 96.0 Å². The van der Waals surface area contributed by atoms with Gasteiger partial charge in [-0.3, -0.25) is 4.79 Å². The van der Waals surface area contributed by atoms with E-state index in [0.29, 0.717) is 26.2 Å². The number of carbonyl (C=O) groups is 1. The van der Waals surface area contributed by atoms with E-state index < -0.39 is 0 Å². The first-order valence-corrected chi connectivity index (χ1v) is 5.60. The minimum absolute atomic E-state index is 0.0914. The SMILES string of the molecule is COCCN(CCN)C(=O)c1ccc(O)cc1O. The third-order valence-electron chi connectivity index (χ3n) is 2.46. The molecule has 6 heteroatoms. The third-order valence-corrected chi connectivity index (χ3v) is 2.46. The fourth-order valence-corrected chi connectivity index (χ4v) is 1.54. The monoisotopic (exact) mass is 254 g/mol. The van der Waals surface area contributed by atoms with Gasteiger partial charge in [0.15, 0.2) is 0 Å². The lowest BCUT2D eigenvalue weighted by atomic mass is 10.1. The van der Waals surface area contributed by atoms with Crippen LogP contribution in [0.25, 0.3) is 0 Å². The Balaban J connectivity index is 2.87. The molecule has 6 nitrogen and oxygen atoms in total. The summed E-state index contributed by atoms with van der Waals surface area (Å²) < 4.78 is 4.92. The molecule has 0 bridgehead atoms. The standard InChI is InChI=1S/C12H18N2O4/c1-18-7-6-14(5-4-13)12(17)10-3-2-9(15)8-11(10)16/h2-3,8,15-16H,4-7,13H2,1H3. The highest BCUT2D eigenvalue weighted by Crippen LogP contribution is 2.23. The average Bonchev–Trinajstić information content (AvgIpc) is 2.33. The summed E-state index contributed by atoms with van der Waals surface area (Å²) in [6, 6.07) is 3.86. The van der Waals surface area contributed by atoms with E-state index in [9.17, 15) is 15.0 Å². The average molecular weight is 254 g/mol. The quantitative estimate of drug-likeness (QED) is 0.671. The highest BCUT2D eigenvalue weighted by molar-refractivity contribution is 5.97. The summed E-state index contributed by atoms with van der Waals surface area (Å²) in [5.74, 6) is -0.680. The minimum Gasteiger partial charge on any atom is -0.508 e. The van der Waals surface area contributed by atoms with E-state index in [1.165, 1.54) is 17.0 Å². The van der Waals surface area contributed by atoms with E-state index in [4.69, 9.17) is 10.5 Å². The molecule has 0 heterocycles. The normalized spacial score (nSPS) is 10.3. The number of nitrogens with zero attached hydrogens (tertiary/aromatic N) is 1. The Labute approximate surface area is 106 Å². The Morgan fingerprint density at radius 2 is 2.11 bits per heavy atom. The Kier molecular flexibility index (Phi) is 5.41. The zero-order chi connectivity index (χ0) is 13.5. The van der Waals surface area contributed by atoms with E-state index in [-0.39, 0.29) is 23.0 Å². The lowest BCUT2D eigenvalue weighted by molar-refractivity contribution is 0.0698. The highest BCUT2D eigenvalue weighted by Gasteiger charge is 2.18. The molecule has 0 atom stereocenters. The van der Waals surface area contributed by atoms with Gasteiger partial charge in [-0.15, -0.1) is 0 Å². The summed E-state index contributed by atoms with van der Waals surface area (Å²) >= 11 is 0. The van der Waals surface area contributed by atoms with Crippen molar-refractivity contribution in [2.45, 2.75) is 0 Å². The molecule has 4 N–H and O–H groups in total. The van der Waals surface area contributed by atoms with Crippen molar-refractivity contribution < 1.29 is 19.7 Å². The van der Waals surface area contributed by atoms with Gasteiger partial charge in [0.05, 0.1) is 12.2 Å². The number of aromatic hydroxyl groups is 2. The van der Waals surface area contributed by atoms with E-state index in [0.717, 1.165) is 6.07 Å². The van der Waals surface area contributed by atoms with E-state index >= 15 is 0 Å². The number of nitrogens with two attached hydrogens (primary N) is 1. The molecule has 0 aliphatic carbocycles. The van der Waals surface area contributed by atoms with Gasteiger partial charge >= 0.3 is 0 Å². The Morgan fingerprint density at radius 1 is 1.39 bits per heavy atom. The third kappa shape index (κ3) is 3.61. The van der Waals surface area contributed by atoms with Gasteiger partial charge < -0.3 is 25.6 Å². The van der Waals surface area contributed by atoms with Crippen molar-refractivity contribution in [1.29, 1.82) is 0 Å². The van der Waals surface area contributed by atoms with Gasteiger partial charge in [0.1, 0.15) is 11.5 Å². The largest absolute Gasteiger partial charge is 0.508 e. The predicted octanol–water partition coefficient (Wildman–Crippen LogP) is 0.145. The van der Waals surface area contributed by atoms with E-state index in [1.54, 1.807) is 7.11 Å². The van der Waals surface area contributed by atoms with Crippen molar-refractivity contribution in [2.24, 2.45) is 5.73 Å². The maximum Gasteiger partial charge on any atom is 0.257 e. The van der Waals surface area contributed by atoms with Gasteiger partial charge in [0.2, 0.25) is 0 Å². The molecule has 0 saturated heterocycles. The van der Waals surface area contributed by atoms with Crippen molar-refractivity contribution in [3.63, 3.8) is 0 Å². The van der Waals surface area contributed by atoms with Crippen molar-refractivity contribution in [3.8, 4) is 11.5 Å². The second-order valence-corrected chi connectivity index (χ2v) is 3.78. The van der Waals surface area contributed by atoms with E-state index in [2.05, 4.69) is 0 Å². The van der Waals surface area contributed by atoms with Crippen LogP contribution < -0.4 is 5.73 Å². The van der Waals surface area contributed by atoms with Crippen LogP contribution in [-0.4, -0.2) is 54.4 Å². The number of phenolic OH excluding ortho intramolecular Hbond substituents is 2. The lowest BCUT2D eigenvalue weighted by Crippen LogP contribution is -2.37. The fourth-order valence-electron chi connectivity index (χ4n) is 1.54. The summed E-state index contributed by atoms with van der Waals surface area (Å²) in [7, 11) is 1.54. The number of methoxy groups -OCH3 is 1. The molecule has 0 aromatic heterocycles. The van der Waals surface area contributed by atoms with Crippen LogP contribution in [0.5, 0.6) is 11.5 Å². The molecule has 18 heavy (non-hydrogen) atoms. The first-order chi connectivity index (χ1) is 8.60. The molecule has 1 aromatic carbocycles. The Bertz CT molecular complexity index is 409. The summed E-state index contributed by atoms with van der Waals surface area (Å²) in [4.78, 5) is 13.6. The lowest BCUT2D eigenvalue weighted by Gasteiger charge is -2.22. The van der Waals surface area contributed by atoms with Gasteiger partial charge in [0, 0.05) is 32.8 Å². The predicted molar refractivity (Wildman–Crippen MR) is 66.6 cm³/mol. The van der Waals surface area contributed by atoms with Crippen LogP contribution in [0.2, 0.25) is 0 Å². The van der Waals surface area contributed by atoms with Crippen molar-refractivity contribution in [1.82, 2.24) is 4.90 Å². The van der Waals surface area contributed by atoms with Gasteiger partial charge in [-0.25, -0.2) is 0 Å². The van der Waals surface area contributed by atoms with Gasteiger partial charge in [-0.05, 0) is 12.1 Å². The number of ether oxygens (including phenoxy) is 1. The molecule has 0 saturated carbocycles. The molecule has 0 radical (unpaired) electrons. The minimum atomic E-state index is -0.338. The van der Waals surface area contributed by atoms with Crippen LogP contribution in [0.4, 0.5) is 0 Å². The summed E-state index contributed by atoms with van der Waals surface area (Å²) in [6.07, 6.45) is 0. The van der Waals surface area contributed by atoms with Crippen molar-refractivity contribution in [2.75, 3.05) is 33.4 Å². The molecule has 0 fully saturated rings. The van der Waals surface area contributed by atoms with Crippen molar-refractivity contribution >= 4 is 5.91 Å².